The third kappa shape index (κ3) is 3.77. The second-order valence-corrected chi connectivity index (χ2v) is 5.62. The highest BCUT2D eigenvalue weighted by Gasteiger charge is 2.22. The maximum absolute atomic E-state index is 4.58. The van der Waals surface area contributed by atoms with Crippen LogP contribution in [0.15, 0.2) is 23.5 Å². The van der Waals surface area contributed by atoms with E-state index in [2.05, 4.69) is 29.3 Å². The normalized spacial score (nSPS) is 22.3. The van der Waals surface area contributed by atoms with Crippen LogP contribution in [0.5, 0.6) is 0 Å². The van der Waals surface area contributed by atoms with E-state index in [1.807, 2.05) is 34.9 Å². The van der Waals surface area contributed by atoms with E-state index in [1.54, 1.807) is 0 Å². The van der Waals surface area contributed by atoms with E-state index in [4.69, 9.17) is 0 Å². The van der Waals surface area contributed by atoms with Gasteiger partial charge in [-0.2, -0.15) is 5.10 Å². The maximum atomic E-state index is 4.58. The number of hydrogen-bond acceptors (Lipinski definition) is 3. The smallest absolute Gasteiger partial charge is 0.156 e. The Morgan fingerprint density at radius 3 is 3.18 bits per heavy atom. The zero-order chi connectivity index (χ0) is 12.1. The van der Waals surface area contributed by atoms with E-state index in [0.717, 1.165) is 30.4 Å². The number of aryl methyl sites for hydroxylation is 1. The molecule has 1 N–H and O–H groups in total. The lowest BCUT2D eigenvalue weighted by atomic mass is 10.1. The van der Waals surface area contributed by atoms with Gasteiger partial charge in [0, 0.05) is 37.3 Å². The molecule has 0 saturated carbocycles. The first kappa shape index (κ1) is 12.5. The molecule has 1 aliphatic heterocycles. The summed E-state index contributed by atoms with van der Waals surface area (Å²) in [5.74, 6) is 1.83. The fourth-order valence-electron chi connectivity index (χ4n) is 1.71. The molecule has 0 bridgehead atoms. The molecule has 2 rings (SSSR count). The molecule has 1 saturated heterocycles. The molecule has 1 aromatic heterocycles. The summed E-state index contributed by atoms with van der Waals surface area (Å²) in [5.41, 5.74) is 0. The molecule has 2 heterocycles. The predicted octanol–water partition coefficient (Wildman–Crippen LogP) is 1.99. The fraction of sp³-hybridized carbons (Fsp3) is 0.667. The van der Waals surface area contributed by atoms with Crippen molar-refractivity contribution < 1.29 is 0 Å². The van der Waals surface area contributed by atoms with Crippen molar-refractivity contribution in [1.29, 1.82) is 0 Å². The number of hydrogen-bond donors (Lipinski definition) is 1. The van der Waals surface area contributed by atoms with Crippen LogP contribution in [-0.4, -0.2) is 33.3 Å². The molecule has 1 atom stereocenters. The van der Waals surface area contributed by atoms with Gasteiger partial charge in [-0.3, -0.25) is 9.67 Å². The summed E-state index contributed by atoms with van der Waals surface area (Å²) in [5, 5.41) is 8.76. The molecule has 0 amide bonds. The first-order valence-electron chi connectivity index (χ1n) is 6.17. The van der Waals surface area contributed by atoms with E-state index in [-0.39, 0.29) is 0 Å². The molecular weight excluding hydrogens is 232 g/mol. The molecule has 1 aliphatic rings. The van der Waals surface area contributed by atoms with Gasteiger partial charge in [-0.05, 0) is 18.4 Å². The number of rotatable bonds is 5. The van der Waals surface area contributed by atoms with Gasteiger partial charge in [-0.25, -0.2) is 0 Å². The average Bonchev–Trinajstić information content (AvgIpc) is 2.96. The van der Waals surface area contributed by atoms with Gasteiger partial charge < -0.3 is 5.32 Å². The molecule has 0 spiro atoms. The Morgan fingerprint density at radius 1 is 1.65 bits per heavy atom. The zero-order valence-electron chi connectivity index (χ0n) is 10.5. The lowest BCUT2D eigenvalue weighted by molar-refractivity contribution is 0.502. The van der Waals surface area contributed by atoms with Crippen molar-refractivity contribution >= 4 is 16.9 Å². The van der Waals surface area contributed by atoms with Gasteiger partial charge >= 0.3 is 0 Å². The summed E-state index contributed by atoms with van der Waals surface area (Å²) in [6.07, 6.45) is 4.85. The molecule has 5 heteroatoms. The average molecular weight is 252 g/mol. The second kappa shape index (κ2) is 6.10. The quantitative estimate of drug-likeness (QED) is 0.815. The minimum absolute atomic E-state index is 0.588. The Kier molecular flexibility index (Phi) is 4.48. The third-order valence-corrected chi connectivity index (χ3v) is 3.92. The van der Waals surface area contributed by atoms with Crippen LogP contribution in [-0.2, 0) is 6.54 Å². The summed E-state index contributed by atoms with van der Waals surface area (Å²) in [7, 11) is 0. The van der Waals surface area contributed by atoms with Crippen LogP contribution in [0.25, 0.3) is 0 Å². The predicted molar refractivity (Wildman–Crippen MR) is 73.4 cm³/mol. The Labute approximate surface area is 107 Å². The highest BCUT2D eigenvalue weighted by Crippen LogP contribution is 2.18. The molecule has 94 valence electrons. The number of amidine groups is 1. The minimum Gasteiger partial charge on any atom is -0.361 e. The molecule has 1 aromatic rings. The second-order valence-electron chi connectivity index (χ2n) is 4.62. The van der Waals surface area contributed by atoms with Gasteiger partial charge in [0.25, 0.3) is 0 Å². The van der Waals surface area contributed by atoms with Crippen LogP contribution in [0.2, 0.25) is 0 Å². The lowest BCUT2D eigenvalue weighted by Gasteiger charge is -2.13. The van der Waals surface area contributed by atoms with E-state index in [1.165, 1.54) is 0 Å². The van der Waals surface area contributed by atoms with Gasteiger partial charge in [-0.1, -0.05) is 25.6 Å². The van der Waals surface area contributed by atoms with Crippen molar-refractivity contribution in [2.45, 2.75) is 32.9 Å². The van der Waals surface area contributed by atoms with Crippen molar-refractivity contribution in [3.05, 3.63) is 18.5 Å². The Balaban J connectivity index is 1.68. The first-order valence-corrected chi connectivity index (χ1v) is 7.15. The van der Waals surface area contributed by atoms with Crippen LogP contribution < -0.4 is 5.32 Å². The molecular formula is C12H20N4S. The van der Waals surface area contributed by atoms with Crippen molar-refractivity contribution in [3.8, 4) is 0 Å². The van der Waals surface area contributed by atoms with Crippen molar-refractivity contribution in [2.24, 2.45) is 10.9 Å². The number of nitrogens with zero attached hydrogens (tertiary/aromatic N) is 3. The topological polar surface area (TPSA) is 42.2 Å². The van der Waals surface area contributed by atoms with Gasteiger partial charge in [0.15, 0.2) is 5.17 Å². The van der Waals surface area contributed by atoms with Crippen LogP contribution in [0.4, 0.5) is 0 Å². The number of aliphatic imine (C=N–C) groups is 1. The molecule has 0 radical (unpaired) electrons. The fourth-order valence-corrected chi connectivity index (χ4v) is 2.93. The number of nitrogens with one attached hydrogen (secondary N) is 1. The van der Waals surface area contributed by atoms with Gasteiger partial charge in [0.05, 0.1) is 0 Å². The SMILES string of the molecule is CC(C)C1CSC(=NCCCn2cccn2)N1. The third-order valence-electron chi connectivity index (χ3n) is 2.87. The van der Waals surface area contributed by atoms with Gasteiger partial charge in [0.1, 0.15) is 0 Å². The Morgan fingerprint density at radius 2 is 2.53 bits per heavy atom. The Bertz CT molecular complexity index is 359. The van der Waals surface area contributed by atoms with Crippen molar-refractivity contribution in [3.63, 3.8) is 0 Å². The molecule has 1 unspecified atom stereocenters. The highest BCUT2D eigenvalue weighted by molar-refractivity contribution is 8.14. The van der Waals surface area contributed by atoms with E-state index in [9.17, 15) is 0 Å². The number of thioether (sulfide) groups is 1. The Hall–Kier alpha value is -0.970. The summed E-state index contributed by atoms with van der Waals surface area (Å²) in [4.78, 5) is 4.58. The highest BCUT2D eigenvalue weighted by atomic mass is 32.2. The number of aromatic nitrogens is 2. The van der Waals surface area contributed by atoms with Crippen molar-refractivity contribution in [2.75, 3.05) is 12.3 Å². The largest absolute Gasteiger partial charge is 0.361 e. The summed E-state index contributed by atoms with van der Waals surface area (Å²) < 4.78 is 1.95. The van der Waals surface area contributed by atoms with Gasteiger partial charge in [-0.15, -0.1) is 0 Å². The van der Waals surface area contributed by atoms with E-state index in [0.29, 0.717) is 12.0 Å². The molecule has 17 heavy (non-hydrogen) atoms. The standard InChI is InChI=1S/C12H20N4S/c1-10(2)11-9-17-12(15-11)13-5-3-7-16-8-4-6-14-16/h4,6,8,10-11H,3,5,7,9H2,1-2H3,(H,13,15). The van der Waals surface area contributed by atoms with Crippen LogP contribution >= 0.6 is 11.8 Å². The summed E-state index contributed by atoms with van der Waals surface area (Å²) in [6, 6.07) is 2.54. The summed E-state index contributed by atoms with van der Waals surface area (Å²) in [6.45, 7) is 6.32. The minimum atomic E-state index is 0.588. The van der Waals surface area contributed by atoms with E-state index < -0.39 is 0 Å². The van der Waals surface area contributed by atoms with Crippen molar-refractivity contribution in [1.82, 2.24) is 15.1 Å². The lowest BCUT2D eigenvalue weighted by Crippen LogP contribution is -2.31. The first-order chi connectivity index (χ1) is 8.25. The molecule has 1 fully saturated rings. The van der Waals surface area contributed by atoms with Crippen LogP contribution in [0.1, 0.15) is 20.3 Å². The summed E-state index contributed by atoms with van der Waals surface area (Å²) >= 11 is 1.84. The maximum Gasteiger partial charge on any atom is 0.156 e. The van der Waals surface area contributed by atoms with Crippen LogP contribution in [0.3, 0.4) is 0 Å². The van der Waals surface area contributed by atoms with Crippen LogP contribution in [0, 0.1) is 5.92 Å². The molecule has 0 aromatic carbocycles. The van der Waals surface area contributed by atoms with E-state index >= 15 is 0 Å². The zero-order valence-corrected chi connectivity index (χ0v) is 11.3. The molecule has 0 aliphatic carbocycles. The monoisotopic (exact) mass is 252 g/mol. The van der Waals surface area contributed by atoms with Gasteiger partial charge in [0.2, 0.25) is 0 Å². The molecule has 4 nitrogen and oxygen atoms in total.